The molecular weight excluding hydrogens is 272 g/mol. The van der Waals surface area contributed by atoms with Gasteiger partial charge in [-0.3, -0.25) is 0 Å². The molecule has 1 aliphatic heterocycles. The first-order valence-electron chi connectivity index (χ1n) is 6.63. The second-order valence-electron chi connectivity index (χ2n) is 5.41. The van der Waals surface area contributed by atoms with Gasteiger partial charge in [0.2, 0.25) is 0 Å². The number of ether oxygens (including phenoxy) is 1. The van der Waals surface area contributed by atoms with Crippen LogP contribution in [0.2, 0.25) is 0 Å². The third-order valence-electron chi connectivity index (χ3n) is 4.22. The molecule has 2 heterocycles. The number of carboxylic acid groups (broad SMARTS) is 1. The lowest BCUT2D eigenvalue weighted by molar-refractivity contribution is -0.142. The molecule has 1 aromatic rings. The number of carbonyl (C=O) groups is 1. The summed E-state index contributed by atoms with van der Waals surface area (Å²) in [4.78, 5) is 10.9. The monoisotopic (exact) mass is 287 g/mol. The van der Waals surface area contributed by atoms with Gasteiger partial charge in [-0.05, 0) is 32.1 Å². The van der Waals surface area contributed by atoms with E-state index in [0.29, 0.717) is 19.4 Å². The Balaban J connectivity index is 1.91. The van der Waals surface area contributed by atoms with Crippen molar-refractivity contribution < 1.29 is 23.4 Å². The Labute approximate surface area is 113 Å². The number of alkyl halides is 2. The van der Waals surface area contributed by atoms with Gasteiger partial charge in [-0.25, -0.2) is 18.3 Å². The van der Waals surface area contributed by atoms with Crippen molar-refractivity contribution in [3.63, 3.8) is 0 Å². The van der Waals surface area contributed by atoms with Gasteiger partial charge < -0.3 is 9.84 Å². The van der Waals surface area contributed by atoms with E-state index in [1.54, 1.807) is 0 Å². The van der Waals surface area contributed by atoms with E-state index in [4.69, 9.17) is 9.84 Å². The third kappa shape index (κ3) is 2.07. The van der Waals surface area contributed by atoms with Gasteiger partial charge in [0.15, 0.2) is 5.69 Å². The van der Waals surface area contributed by atoms with Crippen LogP contribution in [0.5, 0.6) is 0 Å². The zero-order chi connectivity index (χ0) is 14.3. The molecule has 1 N–H and O–H groups in total. The SMILES string of the molecule is O=C(O)c1nnn(C2CCOC3(CCC3)C2)c1C(F)F. The number of halogens is 2. The van der Waals surface area contributed by atoms with Gasteiger partial charge in [-0.2, -0.15) is 0 Å². The van der Waals surface area contributed by atoms with Crippen LogP contribution in [0.3, 0.4) is 0 Å². The van der Waals surface area contributed by atoms with Gasteiger partial charge >= 0.3 is 5.97 Å². The minimum atomic E-state index is -2.91. The average molecular weight is 287 g/mol. The maximum absolute atomic E-state index is 13.1. The zero-order valence-electron chi connectivity index (χ0n) is 10.8. The number of carboxylic acids is 1. The fourth-order valence-electron chi connectivity index (χ4n) is 3.06. The van der Waals surface area contributed by atoms with Crippen LogP contribution < -0.4 is 0 Å². The second-order valence-corrected chi connectivity index (χ2v) is 5.41. The first-order valence-corrected chi connectivity index (χ1v) is 6.63. The largest absolute Gasteiger partial charge is 0.476 e. The number of rotatable bonds is 3. The van der Waals surface area contributed by atoms with Crippen molar-refractivity contribution in [1.82, 2.24) is 15.0 Å². The van der Waals surface area contributed by atoms with E-state index >= 15 is 0 Å². The van der Waals surface area contributed by atoms with Crippen molar-refractivity contribution in [3.05, 3.63) is 11.4 Å². The summed E-state index contributed by atoms with van der Waals surface area (Å²) in [6.07, 6.45) is 1.16. The molecule has 1 aromatic heterocycles. The quantitative estimate of drug-likeness (QED) is 0.922. The first-order chi connectivity index (χ1) is 9.52. The number of hydrogen-bond donors (Lipinski definition) is 1. The van der Waals surface area contributed by atoms with Gasteiger partial charge in [0, 0.05) is 6.61 Å². The van der Waals surface area contributed by atoms with Crippen LogP contribution in [0.4, 0.5) is 8.78 Å². The molecule has 1 saturated carbocycles. The van der Waals surface area contributed by atoms with Crippen LogP contribution in [0.1, 0.15) is 60.8 Å². The molecule has 2 aliphatic rings. The predicted octanol–water partition coefficient (Wildman–Crippen LogP) is 2.19. The lowest BCUT2D eigenvalue weighted by Crippen LogP contribution is -2.46. The van der Waals surface area contributed by atoms with E-state index in [1.165, 1.54) is 0 Å². The highest BCUT2D eigenvalue weighted by Gasteiger charge is 2.44. The smallest absolute Gasteiger partial charge is 0.358 e. The van der Waals surface area contributed by atoms with Crippen LogP contribution in [0.25, 0.3) is 0 Å². The average Bonchev–Trinajstić information content (AvgIpc) is 2.82. The first kappa shape index (κ1) is 13.4. The van der Waals surface area contributed by atoms with Gasteiger partial charge in [0.1, 0.15) is 5.69 Å². The molecule has 3 rings (SSSR count). The Hall–Kier alpha value is -1.57. The molecular formula is C12H15F2N3O3. The van der Waals surface area contributed by atoms with Gasteiger partial charge in [-0.15, -0.1) is 5.10 Å². The summed E-state index contributed by atoms with van der Waals surface area (Å²) in [5, 5.41) is 16.0. The number of aromatic carboxylic acids is 1. The fourth-order valence-corrected chi connectivity index (χ4v) is 3.06. The van der Waals surface area contributed by atoms with Crippen LogP contribution in [-0.2, 0) is 4.74 Å². The Kier molecular flexibility index (Phi) is 3.19. The molecule has 0 amide bonds. The fraction of sp³-hybridized carbons (Fsp3) is 0.750. The van der Waals surface area contributed by atoms with Crippen molar-refractivity contribution in [2.75, 3.05) is 6.61 Å². The third-order valence-corrected chi connectivity index (χ3v) is 4.22. The predicted molar refractivity (Wildman–Crippen MR) is 62.7 cm³/mol. The normalized spacial score (nSPS) is 24.9. The highest BCUT2D eigenvalue weighted by molar-refractivity contribution is 5.86. The van der Waals surface area contributed by atoms with E-state index in [-0.39, 0.29) is 11.6 Å². The Bertz CT molecular complexity index is 528. The standard InChI is InChI=1S/C12H15F2N3O3/c13-10(14)9-8(11(18)19)15-16-17(9)7-2-5-20-12(6-7)3-1-4-12/h7,10H,1-6H2,(H,18,19). The lowest BCUT2D eigenvalue weighted by atomic mass is 9.74. The minimum Gasteiger partial charge on any atom is -0.476 e. The molecule has 1 atom stereocenters. The van der Waals surface area contributed by atoms with E-state index in [1.807, 2.05) is 0 Å². The summed E-state index contributed by atoms with van der Waals surface area (Å²) in [6, 6.07) is -0.270. The van der Waals surface area contributed by atoms with Crippen molar-refractivity contribution in [1.29, 1.82) is 0 Å². The maximum atomic E-state index is 13.1. The summed E-state index contributed by atoms with van der Waals surface area (Å²) < 4.78 is 33.1. The molecule has 110 valence electrons. The minimum absolute atomic E-state index is 0.225. The Morgan fingerprint density at radius 3 is 2.80 bits per heavy atom. The van der Waals surface area contributed by atoms with Crippen molar-refractivity contribution in [2.45, 2.75) is 50.2 Å². The van der Waals surface area contributed by atoms with Crippen LogP contribution in [0, 0.1) is 0 Å². The van der Waals surface area contributed by atoms with E-state index in [0.717, 1.165) is 23.9 Å². The number of hydrogen-bond acceptors (Lipinski definition) is 4. The van der Waals surface area contributed by atoms with Crippen LogP contribution >= 0.6 is 0 Å². The summed E-state index contributed by atoms with van der Waals surface area (Å²) >= 11 is 0. The van der Waals surface area contributed by atoms with Crippen molar-refractivity contribution >= 4 is 5.97 Å². The molecule has 2 fully saturated rings. The van der Waals surface area contributed by atoms with E-state index in [9.17, 15) is 13.6 Å². The van der Waals surface area contributed by atoms with Crippen molar-refractivity contribution in [3.8, 4) is 0 Å². The maximum Gasteiger partial charge on any atom is 0.358 e. The molecule has 8 heteroatoms. The second kappa shape index (κ2) is 4.76. The summed E-state index contributed by atoms with van der Waals surface area (Å²) in [5.74, 6) is -1.48. The van der Waals surface area contributed by atoms with E-state index < -0.39 is 23.8 Å². The summed E-state index contributed by atoms with van der Waals surface area (Å²) in [6.45, 7) is 0.482. The van der Waals surface area contributed by atoms with Gasteiger partial charge in [0.25, 0.3) is 6.43 Å². The lowest BCUT2D eigenvalue weighted by Gasteiger charge is -2.47. The molecule has 1 saturated heterocycles. The van der Waals surface area contributed by atoms with Gasteiger partial charge in [0.05, 0.1) is 11.6 Å². The topological polar surface area (TPSA) is 77.2 Å². The Morgan fingerprint density at radius 1 is 1.50 bits per heavy atom. The summed E-state index contributed by atoms with van der Waals surface area (Å²) in [5.41, 5.74) is -1.48. The molecule has 1 spiro atoms. The number of aromatic nitrogens is 3. The molecule has 1 unspecified atom stereocenters. The zero-order valence-corrected chi connectivity index (χ0v) is 10.8. The highest BCUT2D eigenvalue weighted by atomic mass is 19.3. The molecule has 20 heavy (non-hydrogen) atoms. The highest BCUT2D eigenvalue weighted by Crippen LogP contribution is 2.46. The molecule has 0 bridgehead atoms. The van der Waals surface area contributed by atoms with Crippen molar-refractivity contribution in [2.24, 2.45) is 0 Å². The number of nitrogens with zero attached hydrogens (tertiary/aromatic N) is 3. The van der Waals surface area contributed by atoms with Crippen LogP contribution in [-0.4, -0.2) is 38.3 Å². The van der Waals surface area contributed by atoms with Crippen LogP contribution in [0.15, 0.2) is 0 Å². The Morgan fingerprint density at radius 2 is 2.25 bits per heavy atom. The molecule has 6 nitrogen and oxygen atoms in total. The molecule has 0 radical (unpaired) electrons. The van der Waals surface area contributed by atoms with E-state index in [2.05, 4.69) is 10.3 Å². The van der Waals surface area contributed by atoms with Gasteiger partial charge in [-0.1, -0.05) is 5.21 Å². The summed E-state index contributed by atoms with van der Waals surface area (Å²) in [7, 11) is 0. The molecule has 0 aromatic carbocycles. The molecule has 1 aliphatic carbocycles.